The van der Waals surface area contributed by atoms with Gasteiger partial charge in [-0.2, -0.15) is 0 Å². The van der Waals surface area contributed by atoms with Crippen molar-refractivity contribution in [3.05, 3.63) is 35.9 Å². The summed E-state index contributed by atoms with van der Waals surface area (Å²) in [4.78, 5) is 0. The molecule has 0 N–H and O–H groups in total. The van der Waals surface area contributed by atoms with Gasteiger partial charge in [-0.25, -0.2) is 0 Å². The molecule has 11 heavy (non-hydrogen) atoms. The van der Waals surface area contributed by atoms with Crippen LogP contribution in [-0.4, -0.2) is 18.1 Å². The van der Waals surface area contributed by atoms with Crippen LogP contribution < -0.4 is 0 Å². The summed E-state index contributed by atoms with van der Waals surface area (Å²) in [6, 6.07) is 10.9. The molecule has 0 heterocycles. The van der Waals surface area contributed by atoms with Gasteiger partial charge in [0, 0.05) is 8.31 Å². The first kappa shape index (κ1) is 8.75. The Balaban J connectivity index is 2.77. The largest absolute Gasteiger partial charge is 0.0741 e. The molecular weight excluding hydrogens is 164 g/mol. The highest BCUT2D eigenvalue weighted by molar-refractivity contribution is 7.03. The molecule has 0 spiro atoms. The molecule has 0 saturated carbocycles. The summed E-state index contributed by atoms with van der Waals surface area (Å²) in [6.07, 6.45) is 0. The molecule has 0 radical (unpaired) electrons. The SMILES string of the molecule is CC(c1ccccc1)[SiH](C)[SiH3]. The minimum absolute atomic E-state index is 0.352. The number of benzene rings is 1. The van der Waals surface area contributed by atoms with Crippen LogP contribution in [0, 0.1) is 0 Å². The second-order valence-corrected chi connectivity index (χ2v) is 12.4. The summed E-state index contributed by atoms with van der Waals surface area (Å²) in [7, 11) is 1.07. The van der Waals surface area contributed by atoms with E-state index in [1.807, 2.05) is 0 Å². The molecule has 2 heteroatoms. The lowest BCUT2D eigenvalue weighted by atomic mass is 10.2. The highest BCUT2D eigenvalue weighted by Gasteiger charge is 2.09. The minimum atomic E-state index is -0.352. The van der Waals surface area contributed by atoms with Crippen molar-refractivity contribution >= 4 is 18.1 Å². The molecule has 0 aliphatic carbocycles. The van der Waals surface area contributed by atoms with E-state index in [4.69, 9.17) is 0 Å². The standard InChI is InChI=1S/C9H16Si2/c1-8(11(2)10)9-6-4-3-5-7-9/h3-8,11H,1-2,10H3. The molecule has 2 unspecified atom stereocenters. The lowest BCUT2D eigenvalue weighted by Crippen LogP contribution is -2.17. The zero-order valence-electron chi connectivity index (χ0n) is 7.54. The minimum Gasteiger partial charge on any atom is -0.0741 e. The van der Waals surface area contributed by atoms with Gasteiger partial charge in [-0.1, -0.05) is 43.8 Å². The van der Waals surface area contributed by atoms with Crippen LogP contribution in [0.4, 0.5) is 0 Å². The topological polar surface area (TPSA) is 0 Å². The van der Waals surface area contributed by atoms with Crippen LogP contribution in [0.3, 0.4) is 0 Å². The monoisotopic (exact) mass is 180 g/mol. The average molecular weight is 180 g/mol. The molecule has 0 nitrogen and oxygen atoms in total. The van der Waals surface area contributed by atoms with Gasteiger partial charge in [0.05, 0.1) is 0 Å². The zero-order chi connectivity index (χ0) is 8.27. The van der Waals surface area contributed by atoms with Gasteiger partial charge >= 0.3 is 0 Å². The number of rotatable bonds is 2. The van der Waals surface area contributed by atoms with E-state index in [0.29, 0.717) is 0 Å². The van der Waals surface area contributed by atoms with Gasteiger partial charge < -0.3 is 0 Å². The van der Waals surface area contributed by atoms with Gasteiger partial charge in [-0.15, -0.1) is 0 Å². The van der Waals surface area contributed by atoms with Crippen molar-refractivity contribution in [2.24, 2.45) is 0 Å². The molecule has 0 fully saturated rings. The molecule has 1 aromatic carbocycles. The van der Waals surface area contributed by atoms with E-state index in [0.717, 1.165) is 5.54 Å². The molecule has 1 aromatic rings. The van der Waals surface area contributed by atoms with Crippen molar-refractivity contribution in [3.63, 3.8) is 0 Å². The average Bonchev–Trinajstić information content (AvgIpc) is 2.05. The summed E-state index contributed by atoms with van der Waals surface area (Å²) < 4.78 is 0. The highest BCUT2D eigenvalue weighted by Crippen LogP contribution is 2.15. The molecule has 0 aliphatic rings. The van der Waals surface area contributed by atoms with E-state index < -0.39 is 0 Å². The van der Waals surface area contributed by atoms with Crippen molar-refractivity contribution in [1.82, 2.24) is 0 Å². The van der Waals surface area contributed by atoms with Crippen molar-refractivity contribution < 1.29 is 0 Å². The van der Waals surface area contributed by atoms with E-state index >= 15 is 0 Å². The number of hydrogen-bond donors (Lipinski definition) is 0. The van der Waals surface area contributed by atoms with Crippen LogP contribution in [-0.2, 0) is 0 Å². The Kier molecular flexibility index (Phi) is 3.08. The Morgan fingerprint density at radius 3 is 2.27 bits per heavy atom. The first-order chi connectivity index (χ1) is 5.22. The Hall–Kier alpha value is -0.346. The van der Waals surface area contributed by atoms with Crippen LogP contribution in [0.2, 0.25) is 6.55 Å². The van der Waals surface area contributed by atoms with E-state index in [1.165, 1.54) is 9.76 Å². The van der Waals surface area contributed by atoms with E-state index in [1.54, 1.807) is 5.56 Å². The van der Waals surface area contributed by atoms with Crippen molar-refractivity contribution in [2.75, 3.05) is 0 Å². The molecule has 0 bridgehead atoms. The second-order valence-electron chi connectivity index (χ2n) is 3.44. The van der Waals surface area contributed by atoms with Crippen molar-refractivity contribution in [1.29, 1.82) is 0 Å². The van der Waals surface area contributed by atoms with E-state index in [2.05, 4.69) is 43.8 Å². The summed E-state index contributed by atoms with van der Waals surface area (Å²) in [5, 5.41) is 0. The lowest BCUT2D eigenvalue weighted by molar-refractivity contribution is 1.06. The van der Waals surface area contributed by atoms with Crippen LogP contribution in [0.15, 0.2) is 30.3 Å². The van der Waals surface area contributed by atoms with Crippen LogP contribution >= 0.6 is 0 Å². The van der Waals surface area contributed by atoms with Gasteiger partial charge in [0.15, 0.2) is 0 Å². The fraction of sp³-hybridized carbons (Fsp3) is 0.333. The highest BCUT2D eigenvalue weighted by atomic mass is 29.1. The van der Waals surface area contributed by atoms with Gasteiger partial charge in [0.1, 0.15) is 0 Å². The summed E-state index contributed by atoms with van der Waals surface area (Å²) in [5.74, 6) is 0. The number of hydrogen-bond acceptors (Lipinski definition) is 0. The zero-order valence-corrected chi connectivity index (χ0v) is 10.7. The first-order valence-electron chi connectivity index (χ1n) is 4.26. The van der Waals surface area contributed by atoms with E-state index in [9.17, 15) is 0 Å². The smallest absolute Gasteiger partial charge is 0.0255 e. The Morgan fingerprint density at radius 1 is 1.27 bits per heavy atom. The molecule has 1 rings (SSSR count). The van der Waals surface area contributed by atoms with Crippen LogP contribution in [0.5, 0.6) is 0 Å². The lowest BCUT2D eigenvalue weighted by Gasteiger charge is -2.13. The van der Waals surface area contributed by atoms with E-state index in [-0.39, 0.29) is 8.31 Å². The molecule has 0 aromatic heterocycles. The molecule has 0 aliphatic heterocycles. The van der Waals surface area contributed by atoms with Gasteiger partial charge in [0.2, 0.25) is 0 Å². The molecule has 0 amide bonds. The predicted molar refractivity (Wildman–Crippen MR) is 57.8 cm³/mol. The first-order valence-corrected chi connectivity index (χ1v) is 10.7. The quantitative estimate of drug-likeness (QED) is 0.597. The third-order valence-electron chi connectivity index (χ3n) is 2.33. The normalized spacial score (nSPS) is 16.2. The maximum atomic E-state index is 2.46. The summed E-state index contributed by atoms with van der Waals surface area (Å²) >= 11 is 0. The molecular formula is C9H16Si2. The Morgan fingerprint density at radius 2 is 1.82 bits per heavy atom. The maximum Gasteiger partial charge on any atom is 0.0255 e. The van der Waals surface area contributed by atoms with Gasteiger partial charge in [0.25, 0.3) is 0 Å². The Bertz CT molecular complexity index is 206. The second kappa shape index (κ2) is 3.88. The van der Waals surface area contributed by atoms with Gasteiger partial charge in [-0.3, -0.25) is 0 Å². The van der Waals surface area contributed by atoms with Crippen molar-refractivity contribution in [3.8, 4) is 0 Å². The fourth-order valence-corrected chi connectivity index (χ4v) is 3.29. The Labute approximate surface area is 73.5 Å². The van der Waals surface area contributed by atoms with Crippen LogP contribution in [0.25, 0.3) is 0 Å². The molecule has 2 atom stereocenters. The van der Waals surface area contributed by atoms with Crippen LogP contribution in [0.1, 0.15) is 18.0 Å². The maximum absolute atomic E-state index is 2.46. The third kappa shape index (κ3) is 2.31. The third-order valence-corrected chi connectivity index (χ3v) is 7.71. The summed E-state index contributed by atoms with van der Waals surface area (Å²) in [6.45, 7) is 4.84. The molecule has 60 valence electrons. The molecule has 0 saturated heterocycles. The van der Waals surface area contributed by atoms with Gasteiger partial charge in [-0.05, 0) is 20.9 Å². The summed E-state index contributed by atoms with van der Waals surface area (Å²) in [5.41, 5.74) is 2.42. The predicted octanol–water partition coefficient (Wildman–Crippen LogP) is 1.05. The van der Waals surface area contributed by atoms with Crippen molar-refractivity contribution in [2.45, 2.75) is 19.0 Å². The fourth-order valence-electron chi connectivity index (χ4n) is 1.14.